The lowest BCUT2D eigenvalue weighted by Gasteiger charge is -2.15. The first-order valence-corrected chi connectivity index (χ1v) is 8.31. The van der Waals surface area contributed by atoms with Crippen LogP contribution in [0.5, 0.6) is 0 Å². The molecule has 6 nitrogen and oxygen atoms in total. The van der Waals surface area contributed by atoms with E-state index in [-0.39, 0.29) is 19.0 Å². The number of halogens is 1. The Morgan fingerprint density at radius 3 is 2.62 bits per heavy atom. The van der Waals surface area contributed by atoms with E-state index in [1.54, 1.807) is 12.1 Å². The first kappa shape index (κ1) is 17.8. The second kappa shape index (κ2) is 7.11. The molecule has 0 radical (unpaired) electrons. The van der Waals surface area contributed by atoms with Gasteiger partial charge in [0, 0.05) is 23.9 Å². The highest BCUT2D eigenvalue weighted by atomic mass is 19.1. The molecule has 2 aromatic rings. The molecule has 26 heavy (non-hydrogen) atoms. The summed E-state index contributed by atoms with van der Waals surface area (Å²) >= 11 is 0. The Kier molecular flexibility index (Phi) is 4.88. The van der Waals surface area contributed by atoms with Gasteiger partial charge in [0.1, 0.15) is 11.9 Å². The van der Waals surface area contributed by atoms with Crippen LogP contribution in [0, 0.1) is 19.7 Å². The first-order chi connectivity index (χ1) is 12.3. The number of benzene rings is 1. The Hall–Kier alpha value is -2.96. The summed E-state index contributed by atoms with van der Waals surface area (Å²) in [6, 6.07) is 8.29. The van der Waals surface area contributed by atoms with Gasteiger partial charge in [-0.3, -0.25) is 14.7 Å². The van der Waals surface area contributed by atoms with Gasteiger partial charge in [-0.1, -0.05) is 0 Å². The molecule has 0 spiro atoms. The summed E-state index contributed by atoms with van der Waals surface area (Å²) in [6.07, 6.45) is -1.01. The lowest BCUT2D eigenvalue weighted by molar-refractivity contribution is -0.119. The predicted octanol–water partition coefficient (Wildman–Crippen LogP) is 2.97. The summed E-state index contributed by atoms with van der Waals surface area (Å²) in [7, 11) is 0. The Morgan fingerprint density at radius 2 is 2.00 bits per heavy atom. The molecule has 1 aromatic heterocycles. The van der Waals surface area contributed by atoms with Gasteiger partial charge in [-0.05, 0) is 49.7 Å². The highest BCUT2D eigenvalue weighted by Crippen LogP contribution is 2.29. The highest BCUT2D eigenvalue weighted by molar-refractivity contribution is 5.90. The smallest absolute Gasteiger partial charge is 0.414 e. The second-order valence-corrected chi connectivity index (χ2v) is 6.36. The van der Waals surface area contributed by atoms with Crippen molar-refractivity contribution < 1.29 is 18.7 Å². The van der Waals surface area contributed by atoms with E-state index < -0.39 is 18.0 Å². The number of ether oxygens (including phenoxy) is 1. The molecule has 1 atom stereocenters. The summed E-state index contributed by atoms with van der Waals surface area (Å²) in [5, 5.41) is 2.61. The topological polar surface area (TPSA) is 71.5 Å². The summed E-state index contributed by atoms with van der Waals surface area (Å²) < 4.78 is 19.9. The molecule has 2 amide bonds. The van der Waals surface area contributed by atoms with E-state index in [1.807, 2.05) is 26.0 Å². The number of anilines is 1. The molecule has 1 aliphatic heterocycles. The SMILES string of the molecule is CC(=O)NCC1CN(c2ccc(-c3cc(C)nc(C)c3)c(F)c2)C(=O)O1. The average Bonchev–Trinajstić information content (AvgIpc) is 2.92. The van der Waals surface area contributed by atoms with Crippen LogP contribution in [0.15, 0.2) is 30.3 Å². The van der Waals surface area contributed by atoms with E-state index in [9.17, 15) is 14.0 Å². The van der Waals surface area contributed by atoms with Gasteiger partial charge >= 0.3 is 6.09 Å². The fourth-order valence-electron chi connectivity index (χ4n) is 2.99. The third-order valence-corrected chi connectivity index (χ3v) is 4.11. The van der Waals surface area contributed by atoms with Crippen molar-refractivity contribution in [1.82, 2.24) is 10.3 Å². The Bertz CT molecular complexity index is 849. The van der Waals surface area contributed by atoms with E-state index in [0.717, 1.165) is 17.0 Å². The highest BCUT2D eigenvalue weighted by Gasteiger charge is 2.32. The molecule has 1 N–H and O–H groups in total. The quantitative estimate of drug-likeness (QED) is 0.913. The molecule has 1 aromatic carbocycles. The minimum atomic E-state index is -0.553. The summed E-state index contributed by atoms with van der Waals surface area (Å²) in [5.74, 6) is -0.622. The van der Waals surface area contributed by atoms with E-state index in [2.05, 4.69) is 10.3 Å². The zero-order valence-corrected chi connectivity index (χ0v) is 14.9. The molecular formula is C19H20FN3O3. The largest absolute Gasteiger partial charge is 0.442 e. The van der Waals surface area contributed by atoms with Gasteiger partial charge in [0.15, 0.2) is 0 Å². The first-order valence-electron chi connectivity index (χ1n) is 8.31. The molecule has 1 unspecified atom stereocenters. The molecule has 7 heteroatoms. The van der Waals surface area contributed by atoms with Gasteiger partial charge in [-0.15, -0.1) is 0 Å². The van der Waals surface area contributed by atoms with Crippen molar-refractivity contribution in [2.75, 3.05) is 18.0 Å². The maximum Gasteiger partial charge on any atom is 0.414 e. The molecule has 1 saturated heterocycles. The number of rotatable bonds is 4. The van der Waals surface area contributed by atoms with Gasteiger partial charge in [-0.2, -0.15) is 0 Å². The Morgan fingerprint density at radius 1 is 1.31 bits per heavy atom. The number of cyclic esters (lactones) is 1. The Balaban J connectivity index is 1.81. The van der Waals surface area contributed by atoms with Gasteiger partial charge in [0.05, 0.1) is 18.8 Å². The van der Waals surface area contributed by atoms with Gasteiger partial charge in [-0.25, -0.2) is 9.18 Å². The number of hydrogen-bond donors (Lipinski definition) is 1. The number of hydrogen-bond acceptors (Lipinski definition) is 4. The van der Waals surface area contributed by atoms with Crippen LogP contribution in [-0.4, -0.2) is 36.2 Å². The molecule has 2 heterocycles. The van der Waals surface area contributed by atoms with E-state index in [4.69, 9.17) is 4.74 Å². The summed E-state index contributed by atoms with van der Waals surface area (Å²) in [5.41, 5.74) is 3.24. The van der Waals surface area contributed by atoms with Crippen molar-refractivity contribution in [2.24, 2.45) is 0 Å². The summed E-state index contributed by atoms with van der Waals surface area (Å²) in [6.45, 7) is 5.60. The van der Waals surface area contributed by atoms with E-state index >= 15 is 0 Å². The molecule has 0 saturated carbocycles. The number of pyridine rings is 1. The van der Waals surface area contributed by atoms with Gasteiger partial charge in [0.2, 0.25) is 5.91 Å². The number of nitrogens with one attached hydrogen (secondary N) is 1. The molecule has 1 fully saturated rings. The van der Waals surface area contributed by atoms with Crippen molar-refractivity contribution in [3.8, 4) is 11.1 Å². The van der Waals surface area contributed by atoms with Crippen molar-refractivity contribution in [3.05, 3.63) is 47.5 Å². The number of carbonyl (C=O) groups excluding carboxylic acids is 2. The molecule has 0 bridgehead atoms. The standard InChI is InChI=1S/C19H20FN3O3/c1-11-6-14(7-12(2)22-11)17-5-4-15(8-18(17)20)23-10-16(26-19(23)25)9-21-13(3)24/h4-8,16H,9-10H2,1-3H3,(H,21,24). The Labute approximate surface area is 151 Å². The second-order valence-electron chi connectivity index (χ2n) is 6.36. The van der Waals surface area contributed by atoms with Gasteiger partial charge in [0.25, 0.3) is 0 Å². The maximum absolute atomic E-state index is 14.7. The molecule has 3 rings (SSSR count). The lowest BCUT2D eigenvalue weighted by Crippen LogP contribution is -2.33. The molecule has 0 aliphatic carbocycles. The van der Waals surface area contributed by atoms with Crippen molar-refractivity contribution >= 4 is 17.7 Å². The maximum atomic E-state index is 14.7. The van der Waals surface area contributed by atoms with E-state index in [1.165, 1.54) is 17.9 Å². The van der Waals surface area contributed by atoms with Gasteiger partial charge < -0.3 is 10.1 Å². The fourth-order valence-corrected chi connectivity index (χ4v) is 2.99. The normalized spacial score (nSPS) is 16.5. The van der Waals surface area contributed by atoms with Crippen LogP contribution in [-0.2, 0) is 9.53 Å². The number of nitrogens with zero attached hydrogens (tertiary/aromatic N) is 2. The van der Waals surface area contributed by atoms with Crippen LogP contribution in [0.4, 0.5) is 14.9 Å². The van der Waals surface area contributed by atoms with Crippen LogP contribution in [0.25, 0.3) is 11.1 Å². The van der Waals surface area contributed by atoms with Crippen LogP contribution in [0.1, 0.15) is 18.3 Å². The van der Waals surface area contributed by atoms with Crippen molar-refractivity contribution in [3.63, 3.8) is 0 Å². The minimum Gasteiger partial charge on any atom is -0.442 e. The van der Waals surface area contributed by atoms with Crippen molar-refractivity contribution in [2.45, 2.75) is 26.9 Å². The zero-order valence-electron chi connectivity index (χ0n) is 14.9. The predicted molar refractivity (Wildman–Crippen MR) is 95.4 cm³/mol. The van der Waals surface area contributed by atoms with Crippen LogP contribution < -0.4 is 10.2 Å². The van der Waals surface area contributed by atoms with Crippen molar-refractivity contribution in [1.29, 1.82) is 0 Å². The van der Waals surface area contributed by atoms with E-state index in [0.29, 0.717) is 11.3 Å². The third kappa shape index (κ3) is 3.82. The average molecular weight is 357 g/mol. The monoisotopic (exact) mass is 357 g/mol. The molecule has 136 valence electrons. The lowest BCUT2D eigenvalue weighted by atomic mass is 10.0. The van der Waals surface area contributed by atoms with Crippen LogP contribution >= 0.6 is 0 Å². The number of carbonyl (C=O) groups is 2. The number of aromatic nitrogens is 1. The molecular weight excluding hydrogens is 337 g/mol. The molecule has 1 aliphatic rings. The summed E-state index contributed by atoms with van der Waals surface area (Å²) in [4.78, 5) is 28.7. The number of aryl methyl sites for hydroxylation is 2. The number of amides is 2. The minimum absolute atomic E-state index is 0.196. The fraction of sp³-hybridized carbons (Fsp3) is 0.316. The third-order valence-electron chi connectivity index (χ3n) is 4.11. The van der Waals surface area contributed by atoms with Crippen LogP contribution in [0.2, 0.25) is 0 Å². The zero-order chi connectivity index (χ0) is 18.8. The van der Waals surface area contributed by atoms with Crippen LogP contribution in [0.3, 0.4) is 0 Å².